The lowest BCUT2D eigenvalue weighted by Gasteiger charge is -2.16. The Morgan fingerprint density at radius 3 is 2.38 bits per heavy atom. The molecule has 1 N–H and O–H groups in total. The molecule has 5 heteroatoms. The molecule has 2 unspecified atom stereocenters. The van der Waals surface area contributed by atoms with Crippen LogP contribution in [0.4, 0.5) is 0 Å². The molecule has 1 saturated heterocycles. The number of methoxy groups -OCH3 is 1. The molecule has 0 spiro atoms. The van der Waals surface area contributed by atoms with Gasteiger partial charge in [-0.05, 0) is 42.5 Å². The minimum absolute atomic E-state index is 0.0686. The van der Waals surface area contributed by atoms with Crippen LogP contribution in [0, 0.1) is 5.92 Å². The summed E-state index contributed by atoms with van der Waals surface area (Å²) >= 11 is 0. The van der Waals surface area contributed by atoms with Crippen LogP contribution in [0.1, 0.15) is 42.7 Å². The first-order valence-electron chi connectivity index (χ1n) is 10.3. The summed E-state index contributed by atoms with van der Waals surface area (Å²) in [4.78, 5) is 26.0. The van der Waals surface area contributed by atoms with Crippen molar-refractivity contribution in [2.75, 3.05) is 20.2 Å². The van der Waals surface area contributed by atoms with Gasteiger partial charge in [-0.1, -0.05) is 48.9 Å². The highest BCUT2D eigenvalue weighted by molar-refractivity contribution is 5.79. The smallest absolute Gasteiger partial charge is 0.308 e. The van der Waals surface area contributed by atoms with E-state index in [0.29, 0.717) is 19.5 Å². The van der Waals surface area contributed by atoms with Gasteiger partial charge in [0, 0.05) is 25.4 Å². The van der Waals surface area contributed by atoms with Gasteiger partial charge in [0.05, 0.1) is 13.0 Å². The molecule has 29 heavy (non-hydrogen) atoms. The zero-order chi connectivity index (χ0) is 20.6. The molecule has 1 amide bonds. The number of carboxylic acids is 1. The number of carboxylic acid groups (broad SMARTS) is 1. The van der Waals surface area contributed by atoms with Crippen molar-refractivity contribution in [3.63, 3.8) is 0 Å². The Balaban J connectivity index is 1.43. The summed E-state index contributed by atoms with van der Waals surface area (Å²) in [5.41, 5.74) is 2.27. The lowest BCUT2D eigenvalue weighted by Crippen LogP contribution is -2.29. The van der Waals surface area contributed by atoms with E-state index in [4.69, 9.17) is 4.74 Å². The Kier molecular flexibility index (Phi) is 7.28. The topological polar surface area (TPSA) is 66.8 Å². The quantitative estimate of drug-likeness (QED) is 0.649. The maximum Gasteiger partial charge on any atom is 0.308 e. The van der Waals surface area contributed by atoms with Crippen molar-refractivity contribution in [1.29, 1.82) is 0 Å². The summed E-state index contributed by atoms with van der Waals surface area (Å²) in [6.07, 6.45) is 4.31. The Labute approximate surface area is 172 Å². The van der Waals surface area contributed by atoms with Gasteiger partial charge in [-0.15, -0.1) is 0 Å². The second kappa shape index (κ2) is 10.1. The van der Waals surface area contributed by atoms with E-state index >= 15 is 0 Å². The van der Waals surface area contributed by atoms with E-state index in [1.807, 2.05) is 42.5 Å². The minimum Gasteiger partial charge on any atom is -0.497 e. The van der Waals surface area contributed by atoms with Crippen LogP contribution in [-0.2, 0) is 16.0 Å². The number of aryl methyl sites for hydroxylation is 1. The molecular formula is C24H29NO4. The normalized spacial score (nSPS) is 18.6. The van der Waals surface area contributed by atoms with E-state index in [2.05, 4.69) is 12.1 Å². The molecule has 5 nitrogen and oxygen atoms in total. The van der Waals surface area contributed by atoms with Crippen molar-refractivity contribution in [1.82, 2.24) is 4.90 Å². The summed E-state index contributed by atoms with van der Waals surface area (Å²) in [5, 5.41) is 9.59. The molecule has 1 fully saturated rings. The van der Waals surface area contributed by atoms with Gasteiger partial charge in [-0.3, -0.25) is 9.59 Å². The van der Waals surface area contributed by atoms with Gasteiger partial charge in [0.2, 0.25) is 5.91 Å². The molecule has 0 saturated carbocycles. The van der Waals surface area contributed by atoms with E-state index in [0.717, 1.165) is 37.0 Å². The number of benzene rings is 2. The first-order chi connectivity index (χ1) is 14.1. The van der Waals surface area contributed by atoms with Gasteiger partial charge in [0.1, 0.15) is 5.75 Å². The van der Waals surface area contributed by atoms with Crippen LogP contribution in [0.2, 0.25) is 0 Å². The predicted molar refractivity (Wildman–Crippen MR) is 112 cm³/mol. The summed E-state index contributed by atoms with van der Waals surface area (Å²) in [6.45, 7) is 0.797. The van der Waals surface area contributed by atoms with Crippen LogP contribution < -0.4 is 4.74 Å². The number of nitrogens with zero attached hydrogens (tertiary/aromatic N) is 1. The zero-order valence-corrected chi connectivity index (χ0v) is 16.9. The fraction of sp³-hybridized carbons (Fsp3) is 0.417. The number of amides is 1. The van der Waals surface area contributed by atoms with E-state index in [-0.39, 0.29) is 11.8 Å². The van der Waals surface area contributed by atoms with Crippen molar-refractivity contribution in [3.8, 4) is 5.75 Å². The molecule has 0 bridgehead atoms. The van der Waals surface area contributed by atoms with Crippen LogP contribution in [0.5, 0.6) is 5.75 Å². The molecule has 1 heterocycles. The van der Waals surface area contributed by atoms with Crippen molar-refractivity contribution in [3.05, 3.63) is 65.7 Å². The maximum absolute atomic E-state index is 12.6. The van der Waals surface area contributed by atoms with Crippen LogP contribution >= 0.6 is 0 Å². The van der Waals surface area contributed by atoms with Gasteiger partial charge in [0.15, 0.2) is 0 Å². The minimum atomic E-state index is -0.825. The molecule has 3 rings (SSSR count). The Morgan fingerprint density at radius 1 is 1.00 bits per heavy atom. The van der Waals surface area contributed by atoms with Crippen LogP contribution in [0.25, 0.3) is 0 Å². The van der Waals surface area contributed by atoms with Crippen molar-refractivity contribution >= 4 is 11.9 Å². The number of aliphatic carboxylic acids is 1. The molecule has 1 aliphatic heterocycles. The highest BCUT2D eigenvalue weighted by Gasteiger charge is 2.40. The van der Waals surface area contributed by atoms with Crippen molar-refractivity contribution < 1.29 is 19.4 Å². The van der Waals surface area contributed by atoms with Crippen molar-refractivity contribution in [2.45, 2.75) is 38.0 Å². The number of likely N-dealkylation sites (tertiary alicyclic amines) is 1. The standard InChI is InChI=1S/C24H29NO4/c1-29-20-14-12-18(13-15-20)8-4-2-7-11-23(26)25-16-21(22(17-25)24(27)28)19-9-5-3-6-10-19/h3,5-6,9-10,12-15,21-22H,2,4,7-8,11,16-17H2,1H3,(H,27,28). The van der Waals surface area contributed by atoms with Crippen LogP contribution in [0.15, 0.2) is 54.6 Å². The molecular weight excluding hydrogens is 366 g/mol. The average Bonchev–Trinajstić information content (AvgIpc) is 3.20. The Morgan fingerprint density at radius 2 is 1.72 bits per heavy atom. The first-order valence-corrected chi connectivity index (χ1v) is 10.3. The van der Waals surface area contributed by atoms with E-state index in [1.54, 1.807) is 12.0 Å². The Hall–Kier alpha value is -2.82. The van der Waals surface area contributed by atoms with Crippen LogP contribution in [-0.4, -0.2) is 42.1 Å². The number of ether oxygens (including phenoxy) is 1. The number of unbranched alkanes of at least 4 members (excludes halogenated alkanes) is 2. The molecule has 1 aliphatic rings. The summed E-state index contributed by atoms with van der Waals surface area (Å²) < 4.78 is 5.17. The largest absolute Gasteiger partial charge is 0.497 e. The van der Waals surface area contributed by atoms with Gasteiger partial charge in [-0.25, -0.2) is 0 Å². The average molecular weight is 395 g/mol. The molecule has 0 aliphatic carbocycles. The van der Waals surface area contributed by atoms with E-state index in [1.165, 1.54) is 5.56 Å². The molecule has 2 aromatic carbocycles. The molecule has 2 aromatic rings. The lowest BCUT2D eigenvalue weighted by molar-refractivity contribution is -0.141. The summed E-state index contributed by atoms with van der Waals surface area (Å²) in [7, 11) is 1.66. The lowest BCUT2D eigenvalue weighted by atomic mass is 9.89. The maximum atomic E-state index is 12.6. The fourth-order valence-corrected chi connectivity index (χ4v) is 4.03. The molecule has 154 valence electrons. The third-order valence-corrected chi connectivity index (χ3v) is 5.73. The zero-order valence-electron chi connectivity index (χ0n) is 16.9. The first kappa shape index (κ1) is 20.9. The molecule has 0 aromatic heterocycles. The second-order valence-electron chi connectivity index (χ2n) is 7.67. The number of carbonyl (C=O) groups excluding carboxylic acids is 1. The highest BCUT2D eigenvalue weighted by atomic mass is 16.5. The number of rotatable bonds is 9. The van der Waals surface area contributed by atoms with Gasteiger partial charge in [0.25, 0.3) is 0 Å². The van der Waals surface area contributed by atoms with Gasteiger partial charge >= 0.3 is 5.97 Å². The predicted octanol–water partition coefficient (Wildman–Crippen LogP) is 4.12. The molecule has 0 radical (unpaired) electrons. The van der Waals surface area contributed by atoms with Gasteiger partial charge in [-0.2, -0.15) is 0 Å². The van der Waals surface area contributed by atoms with Crippen LogP contribution in [0.3, 0.4) is 0 Å². The summed E-state index contributed by atoms with van der Waals surface area (Å²) in [5.74, 6) is -0.560. The number of hydrogen-bond acceptors (Lipinski definition) is 3. The van der Waals surface area contributed by atoms with Crippen molar-refractivity contribution in [2.24, 2.45) is 5.92 Å². The fourth-order valence-electron chi connectivity index (χ4n) is 4.03. The highest BCUT2D eigenvalue weighted by Crippen LogP contribution is 2.33. The third kappa shape index (κ3) is 5.59. The van der Waals surface area contributed by atoms with E-state index < -0.39 is 11.9 Å². The van der Waals surface area contributed by atoms with Gasteiger partial charge < -0.3 is 14.7 Å². The monoisotopic (exact) mass is 395 g/mol. The van der Waals surface area contributed by atoms with E-state index in [9.17, 15) is 14.7 Å². The number of carbonyl (C=O) groups is 2. The molecule has 2 atom stereocenters. The summed E-state index contributed by atoms with van der Waals surface area (Å²) in [6, 6.07) is 17.7. The number of hydrogen-bond donors (Lipinski definition) is 1. The second-order valence-corrected chi connectivity index (χ2v) is 7.67. The third-order valence-electron chi connectivity index (χ3n) is 5.73. The SMILES string of the molecule is COc1ccc(CCCCCC(=O)N2CC(C(=O)O)C(c3ccccc3)C2)cc1. The Bertz CT molecular complexity index is 803.